The van der Waals surface area contributed by atoms with Crippen LogP contribution in [-0.4, -0.2) is 24.2 Å². The van der Waals surface area contributed by atoms with Crippen molar-refractivity contribution in [3.05, 3.63) is 65.7 Å². The van der Waals surface area contributed by atoms with Crippen LogP contribution in [0.5, 0.6) is 0 Å². The number of hydrogen-bond donors (Lipinski definition) is 1. The normalized spacial score (nSPS) is 25.1. The minimum absolute atomic E-state index is 0.0856. The Kier molecular flexibility index (Phi) is 4.96. The van der Waals surface area contributed by atoms with Gasteiger partial charge in [-0.25, -0.2) is 0 Å². The number of hydrogen-bond acceptors (Lipinski definition) is 2. The van der Waals surface area contributed by atoms with Crippen molar-refractivity contribution in [1.82, 2.24) is 0 Å². The molecule has 2 aromatic rings. The Balaban J connectivity index is 1.34. The van der Waals surface area contributed by atoms with Crippen LogP contribution in [0.4, 0.5) is 5.69 Å². The lowest BCUT2D eigenvalue weighted by molar-refractivity contribution is -0.138. The Morgan fingerprint density at radius 2 is 1.85 bits per heavy atom. The van der Waals surface area contributed by atoms with E-state index in [1.54, 1.807) is 0 Å². The number of nitrogens with zero attached hydrogens (tertiary/aromatic N) is 1. The van der Waals surface area contributed by atoms with Crippen molar-refractivity contribution in [3.8, 4) is 0 Å². The quantitative estimate of drug-likeness (QED) is 0.820. The molecule has 3 heteroatoms. The third-order valence-corrected chi connectivity index (χ3v) is 6.04. The van der Waals surface area contributed by atoms with Gasteiger partial charge in [0.15, 0.2) is 0 Å². The molecule has 2 aromatic carbocycles. The van der Waals surface area contributed by atoms with Gasteiger partial charge in [0.05, 0.1) is 5.92 Å². The van der Waals surface area contributed by atoms with Gasteiger partial charge in [0.1, 0.15) is 0 Å². The minimum Gasteiger partial charge on any atom is -0.481 e. The molecule has 0 radical (unpaired) electrons. The average molecular weight is 349 g/mol. The van der Waals surface area contributed by atoms with E-state index in [0.717, 1.165) is 32.4 Å². The van der Waals surface area contributed by atoms with Crippen LogP contribution < -0.4 is 4.90 Å². The van der Waals surface area contributed by atoms with Crippen LogP contribution >= 0.6 is 0 Å². The van der Waals surface area contributed by atoms with Gasteiger partial charge in [0, 0.05) is 24.7 Å². The van der Waals surface area contributed by atoms with Gasteiger partial charge < -0.3 is 10.0 Å². The molecule has 0 spiro atoms. The number of carbonyl (C=O) groups is 1. The fourth-order valence-corrected chi connectivity index (χ4v) is 4.30. The molecular formula is C23H27NO2. The highest BCUT2D eigenvalue weighted by Gasteiger charge is 2.42. The summed E-state index contributed by atoms with van der Waals surface area (Å²) in [6.45, 7) is 2.22. The van der Waals surface area contributed by atoms with Crippen molar-refractivity contribution in [2.75, 3.05) is 18.0 Å². The number of piperidine rings is 1. The van der Waals surface area contributed by atoms with E-state index >= 15 is 0 Å². The molecule has 3 atom stereocenters. The monoisotopic (exact) mass is 349 g/mol. The largest absolute Gasteiger partial charge is 0.481 e. The second-order valence-corrected chi connectivity index (χ2v) is 7.84. The van der Waals surface area contributed by atoms with Crippen molar-refractivity contribution in [1.29, 1.82) is 0 Å². The summed E-state index contributed by atoms with van der Waals surface area (Å²) < 4.78 is 0. The van der Waals surface area contributed by atoms with Crippen molar-refractivity contribution >= 4 is 11.7 Å². The van der Waals surface area contributed by atoms with E-state index in [0.29, 0.717) is 11.8 Å². The molecule has 1 heterocycles. The van der Waals surface area contributed by atoms with Crippen LogP contribution in [0.2, 0.25) is 0 Å². The fraction of sp³-hybridized carbons (Fsp3) is 0.435. The molecule has 2 fully saturated rings. The lowest BCUT2D eigenvalue weighted by atomic mass is 9.90. The predicted octanol–water partition coefficient (Wildman–Crippen LogP) is 4.72. The third-order valence-electron chi connectivity index (χ3n) is 6.04. The molecule has 0 aromatic heterocycles. The molecule has 26 heavy (non-hydrogen) atoms. The van der Waals surface area contributed by atoms with Crippen molar-refractivity contribution in [2.24, 2.45) is 11.8 Å². The molecule has 1 saturated heterocycles. The van der Waals surface area contributed by atoms with E-state index in [4.69, 9.17) is 5.11 Å². The first kappa shape index (κ1) is 17.1. The van der Waals surface area contributed by atoms with Gasteiger partial charge in [-0.05, 0) is 61.3 Å². The lowest BCUT2D eigenvalue weighted by Gasteiger charge is -2.34. The second-order valence-electron chi connectivity index (χ2n) is 7.84. The van der Waals surface area contributed by atoms with Gasteiger partial charge in [-0.15, -0.1) is 0 Å². The van der Waals surface area contributed by atoms with E-state index < -0.39 is 5.97 Å². The Hall–Kier alpha value is -2.29. The zero-order valence-corrected chi connectivity index (χ0v) is 15.2. The van der Waals surface area contributed by atoms with Gasteiger partial charge in [0.2, 0.25) is 0 Å². The van der Waals surface area contributed by atoms with Gasteiger partial charge in [0.25, 0.3) is 0 Å². The van der Waals surface area contributed by atoms with Crippen LogP contribution in [0, 0.1) is 11.8 Å². The number of carboxylic acid groups (broad SMARTS) is 1. The van der Waals surface area contributed by atoms with Gasteiger partial charge in [-0.1, -0.05) is 42.5 Å². The predicted molar refractivity (Wildman–Crippen MR) is 105 cm³/mol. The van der Waals surface area contributed by atoms with Gasteiger partial charge in [-0.2, -0.15) is 0 Å². The Morgan fingerprint density at radius 3 is 2.54 bits per heavy atom. The molecule has 136 valence electrons. The molecule has 4 rings (SSSR count). The summed E-state index contributed by atoms with van der Waals surface area (Å²) in [4.78, 5) is 13.4. The Labute approximate surface area is 155 Å². The van der Waals surface area contributed by atoms with Crippen LogP contribution in [-0.2, 0) is 11.2 Å². The number of aryl methyl sites for hydroxylation is 1. The topological polar surface area (TPSA) is 40.5 Å². The number of carboxylic acids is 1. The summed E-state index contributed by atoms with van der Waals surface area (Å²) in [5, 5.41) is 9.00. The van der Waals surface area contributed by atoms with Crippen molar-refractivity contribution < 1.29 is 9.90 Å². The maximum absolute atomic E-state index is 10.9. The highest BCUT2D eigenvalue weighted by Crippen LogP contribution is 2.42. The number of aliphatic carboxylic acids is 1. The van der Waals surface area contributed by atoms with Crippen LogP contribution in [0.1, 0.15) is 42.7 Å². The van der Waals surface area contributed by atoms with Crippen LogP contribution in [0.15, 0.2) is 54.6 Å². The minimum atomic E-state index is -0.622. The zero-order chi connectivity index (χ0) is 17.9. The molecule has 1 saturated carbocycles. The Morgan fingerprint density at radius 1 is 1.08 bits per heavy atom. The number of benzene rings is 2. The van der Waals surface area contributed by atoms with Crippen LogP contribution in [0.25, 0.3) is 0 Å². The molecule has 1 N–H and O–H groups in total. The second kappa shape index (κ2) is 7.53. The smallest absolute Gasteiger partial charge is 0.306 e. The molecule has 0 bridgehead atoms. The zero-order valence-electron chi connectivity index (χ0n) is 15.2. The maximum atomic E-state index is 10.9. The maximum Gasteiger partial charge on any atom is 0.306 e. The van der Waals surface area contributed by atoms with Crippen molar-refractivity contribution in [3.63, 3.8) is 0 Å². The number of anilines is 1. The molecule has 2 aliphatic rings. The van der Waals surface area contributed by atoms with E-state index in [1.807, 2.05) is 0 Å². The number of rotatable bonds is 6. The van der Waals surface area contributed by atoms with Gasteiger partial charge >= 0.3 is 5.97 Å². The summed E-state index contributed by atoms with van der Waals surface area (Å²) >= 11 is 0. The fourth-order valence-electron chi connectivity index (χ4n) is 4.30. The molecule has 3 nitrogen and oxygen atoms in total. The lowest BCUT2D eigenvalue weighted by Crippen LogP contribution is -2.34. The molecule has 0 unspecified atom stereocenters. The highest BCUT2D eigenvalue weighted by atomic mass is 16.4. The molecule has 0 amide bonds. The van der Waals surface area contributed by atoms with E-state index in [1.165, 1.54) is 29.7 Å². The summed E-state index contributed by atoms with van der Waals surface area (Å²) in [5.74, 6) is 0.300. The summed E-state index contributed by atoms with van der Waals surface area (Å²) in [6.07, 6.45) is 5.35. The molecule has 1 aliphatic carbocycles. The van der Waals surface area contributed by atoms with Crippen LogP contribution in [0.3, 0.4) is 0 Å². The summed E-state index contributed by atoms with van der Waals surface area (Å²) in [5.41, 5.74) is 4.08. The van der Waals surface area contributed by atoms with E-state index in [9.17, 15) is 4.79 Å². The first-order chi connectivity index (χ1) is 12.7. The average Bonchev–Trinajstić information content (AvgIpc) is 3.48. The van der Waals surface area contributed by atoms with Crippen molar-refractivity contribution in [2.45, 2.75) is 38.0 Å². The molecule has 1 aliphatic heterocycles. The first-order valence-electron chi connectivity index (χ1n) is 9.82. The molecular weight excluding hydrogens is 322 g/mol. The van der Waals surface area contributed by atoms with E-state index in [2.05, 4.69) is 59.5 Å². The standard InChI is InChI=1S/C23H27NO2/c25-23(26)22-15-19(22)11-8-17-9-12-21(13-10-17)24-14-4-7-20(16-24)18-5-2-1-3-6-18/h1-3,5-6,9-10,12-13,19-20,22H,4,7-8,11,14-16H2,(H,25,26)/t19-,20-,22-/m0/s1. The SMILES string of the molecule is O=C(O)[C@H]1C[C@@H]1CCc1ccc(N2CCC[C@H](c3ccccc3)C2)cc1. The van der Waals surface area contributed by atoms with Gasteiger partial charge in [-0.3, -0.25) is 4.79 Å². The Bertz CT molecular complexity index is 741. The third kappa shape index (κ3) is 3.92. The summed E-state index contributed by atoms with van der Waals surface area (Å²) in [6, 6.07) is 19.8. The first-order valence-corrected chi connectivity index (χ1v) is 9.82. The summed E-state index contributed by atoms with van der Waals surface area (Å²) in [7, 11) is 0. The van der Waals surface area contributed by atoms with E-state index in [-0.39, 0.29) is 5.92 Å². The highest BCUT2D eigenvalue weighted by molar-refractivity contribution is 5.73.